The van der Waals surface area contributed by atoms with Crippen LogP contribution in [0.4, 0.5) is 5.69 Å². The number of ether oxygens (including phenoxy) is 1. The Morgan fingerprint density at radius 1 is 1.29 bits per heavy atom. The molecule has 1 aliphatic rings. The van der Waals surface area contributed by atoms with Gasteiger partial charge in [-0.2, -0.15) is 0 Å². The molecule has 0 N–H and O–H groups in total. The molecule has 0 saturated carbocycles. The molecule has 2 rings (SSSR count). The number of anilines is 1. The maximum Gasteiger partial charge on any atom is 0.209 e. The molecule has 1 aliphatic heterocycles. The Morgan fingerprint density at radius 2 is 2.00 bits per heavy atom. The van der Waals surface area contributed by atoms with Crippen molar-refractivity contribution in [2.75, 3.05) is 38.2 Å². The summed E-state index contributed by atoms with van der Waals surface area (Å²) in [6, 6.07) is 5.95. The standard InChI is InChI=1S/C12H15BrN2O2/c1-17-10-2-3-12(11(13)8-10)15-6-4-14(9-16)5-7-15/h2-3,8-9H,4-7H2,1H3. The first kappa shape index (κ1) is 12.2. The molecule has 0 unspecified atom stereocenters. The first-order valence-electron chi connectivity index (χ1n) is 5.52. The molecular formula is C12H15BrN2O2. The number of rotatable bonds is 3. The Morgan fingerprint density at radius 3 is 2.53 bits per heavy atom. The molecule has 0 aliphatic carbocycles. The highest BCUT2D eigenvalue weighted by atomic mass is 79.9. The van der Waals surface area contributed by atoms with Crippen LogP contribution in [0.15, 0.2) is 22.7 Å². The van der Waals surface area contributed by atoms with Crippen molar-refractivity contribution in [1.29, 1.82) is 0 Å². The van der Waals surface area contributed by atoms with Crippen molar-refractivity contribution in [3.8, 4) is 5.75 Å². The van der Waals surface area contributed by atoms with Crippen LogP contribution in [0.25, 0.3) is 0 Å². The number of benzene rings is 1. The first-order chi connectivity index (χ1) is 8.24. The second-order valence-electron chi connectivity index (χ2n) is 3.95. The molecule has 0 spiro atoms. The average molecular weight is 299 g/mol. The maximum atomic E-state index is 10.6. The van der Waals surface area contributed by atoms with E-state index in [9.17, 15) is 4.79 Å². The van der Waals surface area contributed by atoms with Gasteiger partial charge in [-0.3, -0.25) is 4.79 Å². The van der Waals surface area contributed by atoms with Gasteiger partial charge in [0.1, 0.15) is 5.75 Å². The Kier molecular flexibility index (Phi) is 3.89. The number of hydrogen-bond acceptors (Lipinski definition) is 3. The third-order valence-corrected chi connectivity index (χ3v) is 3.59. The first-order valence-corrected chi connectivity index (χ1v) is 6.31. The Hall–Kier alpha value is -1.23. The number of methoxy groups -OCH3 is 1. The fraction of sp³-hybridized carbons (Fsp3) is 0.417. The summed E-state index contributed by atoms with van der Waals surface area (Å²) >= 11 is 3.55. The van der Waals surface area contributed by atoms with E-state index in [1.165, 1.54) is 0 Å². The monoisotopic (exact) mass is 298 g/mol. The highest BCUT2D eigenvalue weighted by Gasteiger charge is 2.17. The highest BCUT2D eigenvalue weighted by Crippen LogP contribution is 2.30. The van der Waals surface area contributed by atoms with Gasteiger partial charge < -0.3 is 14.5 Å². The number of halogens is 1. The van der Waals surface area contributed by atoms with Gasteiger partial charge in [0, 0.05) is 30.7 Å². The molecule has 1 aromatic rings. The summed E-state index contributed by atoms with van der Waals surface area (Å²) in [5, 5.41) is 0. The lowest BCUT2D eigenvalue weighted by Crippen LogP contribution is -2.45. The Balaban J connectivity index is 2.10. The molecule has 1 amide bonds. The molecule has 0 aromatic heterocycles. The van der Waals surface area contributed by atoms with Gasteiger partial charge in [0.25, 0.3) is 0 Å². The summed E-state index contributed by atoms with van der Waals surface area (Å²) in [4.78, 5) is 14.7. The second-order valence-corrected chi connectivity index (χ2v) is 4.80. The minimum absolute atomic E-state index is 0.780. The van der Waals surface area contributed by atoms with Crippen LogP contribution in [0.1, 0.15) is 0 Å². The van der Waals surface area contributed by atoms with Gasteiger partial charge in [0.05, 0.1) is 12.8 Å². The summed E-state index contributed by atoms with van der Waals surface area (Å²) in [5.41, 5.74) is 1.15. The third kappa shape index (κ3) is 2.72. The van der Waals surface area contributed by atoms with Gasteiger partial charge >= 0.3 is 0 Å². The summed E-state index contributed by atoms with van der Waals surface area (Å²) in [5.74, 6) is 0.840. The van der Waals surface area contributed by atoms with E-state index in [1.54, 1.807) is 12.0 Å². The van der Waals surface area contributed by atoms with Gasteiger partial charge in [-0.1, -0.05) is 0 Å². The molecule has 4 nitrogen and oxygen atoms in total. The molecule has 1 aromatic carbocycles. The number of carbonyl (C=O) groups excluding carboxylic acids is 1. The van der Waals surface area contributed by atoms with Crippen LogP contribution in [0, 0.1) is 0 Å². The maximum absolute atomic E-state index is 10.6. The van der Waals surface area contributed by atoms with Crippen molar-refractivity contribution < 1.29 is 9.53 Å². The van der Waals surface area contributed by atoms with Crippen molar-refractivity contribution in [3.05, 3.63) is 22.7 Å². The number of piperazine rings is 1. The minimum atomic E-state index is 0.780. The second kappa shape index (κ2) is 5.40. The molecule has 1 heterocycles. The largest absolute Gasteiger partial charge is 0.497 e. The van der Waals surface area contributed by atoms with E-state index >= 15 is 0 Å². The van der Waals surface area contributed by atoms with E-state index in [0.29, 0.717) is 0 Å². The van der Waals surface area contributed by atoms with Crippen molar-refractivity contribution in [3.63, 3.8) is 0 Å². The molecule has 1 saturated heterocycles. The number of hydrogen-bond donors (Lipinski definition) is 0. The van der Waals surface area contributed by atoms with E-state index in [4.69, 9.17) is 4.74 Å². The van der Waals surface area contributed by atoms with Crippen LogP contribution in [0.2, 0.25) is 0 Å². The average Bonchev–Trinajstić information content (AvgIpc) is 2.39. The molecule has 17 heavy (non-hydrogen) atoms. The topological polar surface area (TPSA) is 32.8 Å². The Labute approximate surface area is 109 Å². The van der Waals surface area contributed by atoms with Gasteiger partial charge in [-0.15, -0.1) is 0 Å². The third-order valence-electron chi connectivity index (χ3n) is 2.96. The van der Waals surface area contributed by atoms with Crippen LogP contribution < -0.4 is 9.64 Å². The molecule has 0 atom stereocenters. The lowest BCUT2D eigenvalue weighted by atomic mass is 10.2. The van der Waals surface area contributed by atoms with Crippen LogP contribution in [0.3, 0.4) is 0 Å². The number of nitrogens with zero attached hydrogens (tertiary/aromatic N) is 2. The van der Waals surface area contributed by atoms with Gasteiger partial charge in [-0.05, 0) is 34.1 Å². The SMILES string of the molecule is COc1ccc(N2CCN(C=O)CC2)c(Br)c1. The predicted octanol–water partition coefficient (Wildman–Crippen LogP) is 1.74. The van der Waals surface area contributed by atoms with Gasteiger partial charge in [-0.25, -0.2) is 0 Å². The number of carbonyl (C=O) groups is 1. The summed E-state index contributed by atoms with van der Waals surface area (Å²) in [6.07, 6.45) is 0.917. The van der Waals surface area contributed by atoms with Crippen molar-refractivity contribution in [2.24, 2.45) is 0 Å². The fourth-order valence-electron chi connectivity index (χ4n) is 1.94. The molecule has 1 fully saturated rings. The van der Waals surface area contributed by atoms with Crippen molar-refractivity contribution in [1.82, 2.24) is 4.90 Å². The lowest BCUT2D eigenvalue weighted by Gasteiger charge is -2.34. The number of amides is 1. The van der Waals surface area contributed by atoms with Crippen LogP contribution in [-0.4, -0.2) is 44.6 Å². The van der Waals surface area contributed by atoms with E-state index in [1.807, 2.05) is 18.2 Å². The zero-order valence-corrected chi connectivity index (χ0v) is 11.3. The van der Waals surface area contributed by atoms with E-state index < -0.39 is 0 Å². The van der Waals surface area contributed by atoms with Crippen molar-refractivity contribution >= 4 is 28.0 Å². The summed E-state index contributed by atoms with van der Waals surface area (Å²) in [6.45, 7) is 3.29. The summed E-state index contributed by atoms with van der Waals surface area (Å²) in [7, 11) is 1.66. The summed E-state index contributed by atoms with van der Waals surface area (Å²) < 4.78 is 6.19. The lowest BCUT2D eigenvalue weighted by molar-refractivity contribution is -0.118. The molecule has 5 heteroatoms. The van der Waals surface area contributed by atoms with Crippen LogP contribution in [-0.2, 0) is 4.79 Å². The van der Waals surface area contributed by atoms with E-state index in [2.05, 4.69) is 20.8 Å². The highest BCUT2D eigenvalue weighted by molar-refractivity contribution is 9.10. The van der Waals surface area contributed by atoms with Crippen LogP contribution in [0.5, 0.6) is 5.75 Å². The zero-order chi connectivity index (χ0) is 12.3. The normalized spacial score (nSPS) is 15.9. The molecular weight excluding hydrogens is 284 g/mol. The van der Waals surface area contributed by atoms with Gasteiger partial charge in [0.15, 0.2) is 0 Å². The van der Waals surface area contributed by atoms with E-state index in [-0.39, 0.29) is 0 Å². The molecule has 0 bridgehead atoms. The fourth-order valence-corrected chi connectivity index (χ4v) is 2.55. The zero-order valence-electron chi connectivity index (χ0n) is 9.73. The quantitative estimate of drug-likeness (QED) is 0.797. The predicted molar refractivity (Wildman–Crippen MR) is 70.5 cm³/mol. The van der Waals surface area contributed by atoms with E-state index in [0.717, 1.165) is 48.5 Å². The molecule has 0 radical (unpaired) electrons. The van der Waals surface area contributed by atoms with Crippen molar-refractivity contribution in [2.45, 2.75) is 0 Å². The Bertz CT molecular complexity index is 403. The van der Waals surface area contributed by atoms with Crippen LogP contribution >= 0.6 is 15.9 Å². The smallest absolute Gasteiger partial charge is 0.209 e. The van der Waals surface area contributed by atoms with Gasteiger partial charge in [0.2, 0.25) is 6.41 Å². The minimum Gasteiger partial charge on any atom is -0.497 e. The molecule has 92 valence electrons.